The molecule has 1 aromatic rings. The normalized spacial score (nSPS) is 21.1. The highest BCUT2D eigenvalue weighted by Gasteiger charge is 2.17. The maximum atomic E-state index is 13.4. The van der Waals surface area contributed by atoms with E-state index in [2.05, 4.69) is 5.32 Å². The maximum Gasteiger partial charge on any atom is 0.165 e. The first-order valence-corrected chi connectivity index (χ1v) is 4.89. The molecule has 1 N–H and O–H groups in total. The molecule has 0 radical (unpaired) electrons. The molecule has 0 aliphatic carbocycles. The van der Waals surface area contributed by atoms with Crippen molar-refractivity contribution in [3.63, 3.8) is 0 Å². The first-order valence-electron chi connectivity index (χ1n) is 4.89. The standard InChI is InChI=1S/C11H14FNO/c1-8-2-3-11(10(12)6-8)14-9-4-5-13-7-9/h2-3,6,9,13H,4-5,7H2,1H3/t9-/m1/s1. The lowest BCUT2D eigenvalue weighted by atomic mass is 10.2. The van der Waals surface area contributed by atoms with Gasteiger partial charge in [-0.2, -0.15) is 0 Å². The van der Waals surface area contributed by atoms with E-state index in [1.807, 2.05) is 13.0 Å². The van der Waals surface area contributed by atoms with Crippen molar-refractivity contribution in [3.05, 3.63) is 29.6 Å². The van der Waals surface area contributed by atoms with Crippen LogP contribution in [0, 0.1) is 12.7 Å². The quantitative estimate of drug-likeness (QED) is 0.778. The summed E-state index contributed by atoms with van der Waals surface area (Å²) < 4.78 is 18.9. The molecule has 0 spiro atoms. The molecule has 0 aromatic heterocycles. The van der Waals surface area contributed by atoms with Crippen molar-refractivity contribution in [2.75, 3.05) is 13.1 Å². The molecule has 1 aliphatic heterocycles. The van der Waals surface area contributed by atoms with Gasteiger partial charge in [-0.3, -0.25) is 0 Å². The van der Waals surface area contributed by atoms with E-state index in [0.29, 0.717) is 5.75 Å². The lowest BCUT2D eigenvalue weighted by molar-refractivity contribution is 0.213. The molecular formula is C11H14FNO. The van der Waals surface area contributed by atoms with Gasteiger partial charge in [-0.1, -0.05) is 6.07 Å². The van der Waals surface area contributed by atoms with Crippen molar-refractivity contribution >= 4 is 0 Å². The van der Waals surface area contributed by atoms with Crippen molar-refractivity contribution in [2.45, 2.75) is 19.4 Å². The summed E-state index contributed by atoms with van der Waals surface area (Å²) in [6, 6.07) is 5.06. The molecule has 1 aliphatic rings. The minimum atomic E-state index is -0.267. The number of nitrogens with one attached hydrogen (secondary N) is 1. The van der Waals surface area contributed by atoms with Gasteiger partial charge in [-0.05, 0) is 37.6 Å². The highest BCUT2D eigenvalue weighted by Crippen LogP contribution is 2.20. The van der Waals surface area contributed by atoms with Crippen LogP contribution < -0.4 is 10.1 Å². The van der Waals surface area contributed by atoms with E-state index in [1.54, 1.807) is 6.07 Å². The number of aryl methyl sites for hydroxylation is 1. The molecule has 2 rings (SSSR count). The summed E-state index contributed by atoms with van der Waals surface area (Å²) in [5.74, 6) is 0.0983. The summed E-state index contributed by atoms with van der Waals surface area (Å²) in [5.41, 5.74) is 0.916. The molecule has 3 heteroatoms. The van der Waals surface area contributed by atoms with Crippen molar-refractivity contribution in [2.24, 2.45) is 0 Å². The van der Waals surface area contributed by atoms with Crippen LogP contribution in [0.15, 0.2) is 18.2 Å². The SMILES string of the molecule is Cc1ccc(O[C@@H]2CCNC2)c(F)c1. The fraction of sp³-hybridized carbons (Fsp3) is 0.455. The third-order valence-electron chi connectivity index (χ3n) is 2.40. The molecule has 1 saturated heterocycles. The molecule has 1 aromatic carbocycles. The molecule has 0 bridgehead atoms. The van der Waals surface area contributed by atoms with Crippen LogP contribution >= 0.6 is 0 Å². The number of ether oxygens (including phenoxy) is 1. The summed E-state index contributed by atoms with van der Waals surface area (Å²) in [6.45, 7) is 3.63. The van der Waals surface area contributed by atoms with E-state index in [9.17, 15) is 4.39 Å². The summed E-state index contributed by atoms with van der Waals surface area (Å²) in [6.07, 6.45) is 1.07. The number of hydrogen-bond donors (Lipinski definition) is 1. The Kier molecular flexibility index (Phi) is 2.68. The summed E-state index contributed by atoms with van der Waals surface area (Å²) in [4.78, 5) is 0. The number of benzene rings is 1. The molecule has 0 unspecified atom stereocenters. The van der Waals surface area contributed by atoms with Crippen molar-refractivity contribution in [3.8, 4) is 5.75 Å². The van der Waals surface area contributed by atoms with Crippen molar-refractivity contribution < 1.29 is 9.13 Å². The maximum absolute atomic E-state index is 13.4. The third kappa shape index (κ3) is 2.04. The molecule has 2 nitrogen and oxygen atoms in total. The van der Waals surface area contributed by atoms with Crippen LogP contribution in [-0.4, -0.2) is 19.2 Å². The average molecular weight is 195 g/mol. The van der Waals surface area contributed by atoms with Gasteiger partial charge < -0.3 is 10.1 Å². The third-order valence-corrected chi connectivity index (χ3v) is 2.40. The molecular weight excluding hydrogens is 181 g/mol. The van der Waals surface area contributed by atoms with E-state index >= 15 is 0 Å². The second-order valence-corrected chi connectivity index (χ2v) is 3.67. The van der Waals surface area contributed by atoms with E-state index in [-0.39, 0.29) is 11.9 Å². The summed E-state index contributed by atoms with van der Waals surface area (Å²) >= 11 is 0. The van der Waals surface area contributed by atoms with E-state index in [0.717, 1.165) is 25.1 Å². The predicted octanol–water partition coefficient (Wildman–Crippen LogP) is 1.87. The topological polar surface area (TPSA) is 21.3 Å². The van der Waals surface area contributed by atoms with Gasteiger partial charge in [0, 0.05) is 6.54 Å². The average Bonchev–Trinajstić information content (AvgIpc) is 2.62. The highest BCUT2D eigenvalue weighted by atomic mass is 19.1. The lowest BCUT2D eigenvalue weighted by Gasteiger charge is -2.13. The first-order chi connectivity index (χ1) is 6.75. The lowest BCUT2D eigenvalue weighted by Crippen LogP contribution is -2.20. The minimum absolute atomic E-state index is 0.118. The number of halogens is 1. The van der Waals surface area contributed by atoms with Gasteiger partial charge in [0.1, 0.15) is 6.10 Å². The molecule has 0 saturated carbocycles. The molecule has 14 heavy (non-hydrogen) atoms. The van der Waals surface area contributed by atoms with E-state index in [4.69, 9.17) is 4.74 Å². The summed E-state index contributed by atoms with van der Waals surface area (Å²) in [5, 5.41) is 3.18. The zero-order chi connectivity index (χ0) is 9.97. The fourth-order valence-corrected chi connectivity index (χ4v) is 1.61. The van der Waals surface area contributed by atoms with Crippen LogP contribution in [0.2, 0.25) is 0 Å². The van der Waals surface area contributed by atoms with E-state index in [1.165, 1.54) is 6.07 Å². The Morgan fingerprint density at radius 1 is 1.50 bits per heavy atom. The van der Waals surface area contributed by atoms with Gasteiger partial charge in [-0.25, -0.2) is 4.39 Å². The second kappa shape index (κ2) is 3.96. The van der Waals surface area contributed by atoms with E-state index < -0.39 is 0 Å². The Morgan fingerprint density at radius 3 is 3.00 bits per heavy atom. The number of hydrogen-bond acceptors (Lipinski definition) is 2. The molecule has 1 fully saturated rings. The van der Waals surface area contributed by atoms with Crippen LogP contribution in [0.1, 0.15) is 12.0 Å². The Hall–Kier alpha value is -1.09. The van der Waals surface area contributed by atoms with Gasteiger partial charge in [0.25, 0.3) is 0 Å². The molecule has 76 valence electrons. The summed E-state index contributed by atoms with van der Waals surface area (Å²) in [7, 11) is 0. The van der Waals surface area contributed by atoms with Crippen LogP contribution in [0.5, 0.6) is 5.75 Å². The van der Waals surface area contributed by atoms with Gasteiger partial charge >= 0.3 is 0 Å². The highest BCUT2D eigenvalue weighted by molar-refractivity contribution is 5.28. The zero-order valence-corrected chi connectivity index (χ0v) is 8.22. The molecule has 1 heterocycles. The smallest absolute Gasteiger partial charge is 0.165 e. The van der Waals surface area contributed by atoms with Crippen molar-refractivity contribution in [1.29, 1.82) is 0 Å². The Bertz CT molecular complexity index is 321. The van der Waals surface area contributed by atoms with Gasteiger partial charge in [0.2, 0.25) is 0 Å². The zero-order valence-electron chi connectivity index (χ0n) is 8.22. The predicted molar refractivity (Wildman–Crippen MR) is 53.0 cm³/mol. The largest absolute Gasteiger partial charge is 0.486 e. The van der Waals surface area contributed by atoms with Crippen LogP contribution in [0.4, 0.5) is 4.39 Å². The monoisotopic (exact) mass is 195 g/mol. The van der Waals surface area contributed by atoms with Gasteiger partial charge in [-0.15, -0.1) is 0 Å². The molecule has 0 amide bonds. The van der Waals surface area contributed by atoms with Gasteiger partial charge in [0.05, 0.1) is 0 Å². The Morgan fingerprint density at radius 2 is 2.36 bits per heavy atom. The minimum Gasteiger partial charge on any atom is -0.486 e. The Balaban J connectivity index is 2.08. The second-order valence-electron chi connectivity index (χ2n) is 3.67. The van der Waals surface area contributed by atoms with Crippen LogP contribution in [0.25, 0.3) is 0 Å². The Labute approximate surface area is 83.1 Å². The fourth-order valence-electron chi connectivity index (χ4n) is 1.61. The molecule has 1 atom stereocenters. The first kappa shape index (κ1) is 9.46. The van der Waals surface area contributed by atoms with Gasteiger partial charge in [0.15, 0.2) is 11.6 Å². The van der Waals surface area contributed by atoms with Crippen LogP contribution in [-0.2, 0) is 0 Å². The number of rotatable bonds is 2. The van der Waals surface area contributed by atoms with Crippen LogP contribution in [0.3, 0.4) is 0 Å². The van der Waals surface area contributed by atoms with Crippen molar-refractivity contribution in [1.82, 2.24) is 5.32 Å².